The molecule has 1 aliphatic heterocycles. The fourth-order valence-electron chi connectivity index (χ4n) is 3.70. The third-order valence-electron chi connectivity index (χ3n) is 5.57. The van der Waals surface area contributed by atoms with Crippen LogP contribution in [-0.2, 0) is 0 Å². The molecule has 3 heteroatoms. The van der Waals surface area contributed by atoms with Crippen molar-refractivity contribution in [3.63, 3.8) is 0 Å². The second kappa shape index (κ2) is 5.89. The van der Waals surface area contributed by atoms with E-state index in [1.807, 2.05) is 0 Å². The normalized spacial score (nSPS) is 29.3. The van der Waals surface area contributed by atoms with Gasteiger partial charge in [0, 0.05) is 43.8 Å². The van der Waals surface area contributed by atoms with Crippen LogP contribution in [0.2, 0.25) is 0 Å². The summed E-state index contributed by atoms with van der Waals surface area (Å²) in [5, 5.41) is 0. The Balaban J connectivity index is 1.89. The number of piperazine rings is 1. The van der Waals surface area contributed by atoms with Crippen LogP contribution >= 0.6 is 0 Å². The monoisotopic (exact) mass is 253 g/mol. The van der Waals surface area contributed by atoms with Gasteiger partial charge in [0.05, 0.1) is 0 Å². The molecule has 1 saturated heterocycles. The molecule has 0 aromatic rings. The van der Waals surface area contributed by atoms with Crippen molar-refractivity contribution in [3.05, 3.63) is 0 Å². The Morgan fingerprint density at radius 3 is 2.17 bits per heavy atom. The van der Waals surface area contributed by atoms with Crippen molar-refractivity contribution in [3.8, 4) is 0 Å². The molecule has 0 spiro atoms. The van der Waals surface area contributed by atoms with Crippen molar-refractivity contribution in [2.75, 3.05) is 26.2 Å². The summed E-state index contributed by atoms with van der Waals surface area (Å²) >= 11 is 0. The zero-order valence-electron chi connectivity index (χ0n) is 12.5. The Morgan fingerprint density at radius 2 is 1.72 bits per heavy atom. The first kappa shape index (κ1) is 14.3. The highest BCUT2D eigenvalue weighted by Gasteiger charge is 2.36. The lowest BCUT2D eigenvalue weighted by Gasteiger charge is -2.48. The molecule has 2 atom stereocenters. The molecule has 1 saturated carbocycles. The quantitative estimate of drug-likeness (QED) is 0.832. The molecule has 0 aromatic heterocycles. The molecule has 2 fully saturated rings. The van der Waals surface area contributed by atoms with Gasteiger partial charge in [-0.3, -0.25) is 9.80 Å². The van der Waals surface area contributed by atoms with E-state index in [1.165, 1.54) is 51.9 Å². The summed E-state index contributed by atoms with van der Waals surface area (Å²) in [4.78, 5) is 5.35. The minimum atomic E-state index is 0.182. The van der Waals surface area contributed by atoms with Crippen LogP contribution in [0.25, 0.3) is 0 Å². The van der Waals surface area contributed by atoms with E-state index in [9.17, 15) is 0 Å². The Morgan fingerprint density at radius 1 is 1.17 bits per heavy atom. The Hall–Kier alpha value is -0.120. The lowest BCUT2D eigenvalue weighted by molar-refractivity contribution is 0.0137. The molecule has 106 valence electrons. The van der Waals surface area contributed by atoms with E-state index in [1.54, 1.807) is 0 Å². The number of nitrogens with two attached hydrogens (primary N) is 1. The third kappa shape index (κ3) is 2.73. The van der Waals surface area contributed by atoms with Crippen LogP contribution in [0.3, 0.4) is 0 Å². The average molecular weight is 253 g/mol. The van der Waals surface area contributed by atoms with Gasteiger partial charge in [0.25, 0.3) is 0 Å². The van der Waals surface area contributed by atoms with Gasteiger partial charge in [-0.15, -0.1) is 0 Å². The average Bonchev–Trinajstić information content (AvgIpc) is 2.91. The predicted molar refractivity (Wildman–Crippen MR) is 77.7 cm³/mol. The maximum Gasteiger partial charge on any atom is 0.0328 e. The first-order chi connectivity index (χ1) is 8.58. The van der Waals surface area contributed by atoms with E-state index in [0.29, 0.717) is 0 Å². The predicted octanol–water partition coefficient (Wildman–Crippen LogP) is 2.06. The molecule has 0 radical (unpaired) electrons. The van der Waals surface area contributed by atoms with E-state index >= 15 is 0 Å². The van der Waals surface area contributed by atoms with Gasteiger partial charge in [0.2, 0.25) is 0 Å². The number of hydrogen-bond acceptors (Lipinski definition) is 3. The minimum Gasteiger partial charge on any atom is -0.326 e. The molecule has 3 nitrogen and oxygen atoms in total. The van der Waals surface area contributed by atoms with Crippen molar-refractivity contribution in [1.29, 1.82) is 0 Å². The Bertz CT molecular complexity index is 252. The molecule has 1 heterocycles. The zero-order chi connectivity index (χ0) is 13.2. The molecule has 2 rings (SSSR count). The van der Waals surface area contributed by atoms with Crippen molar-refractivity contribution in [2.45, 2.75) is 70.5 Å². The molecular weight excluding hydrogens is 222 g/mol. The van der Waals surface area contributed by atoms with Crippen molar-refractivity contribution >= 4 is 0 Å². The van der Waals surface area contributed by atoms with Crippen LogP contribution in [0.15, 0.2) is 0 Å². The largest absolute Gasteiger partial charge is 0.326 e. The van der Waals surface area contributed by atoms with Gasteiger partial charge >= 0.3 is 0 Å². The van der Waals surface area contributed by atoms with E-state index < -0.39 is 0 Å². The molecule has 18 heavy (non-hydrogen) atoms. The Labute approximate surface area is 113 Å². The number of rotatable bonds is 4. The molecule has 2 N–H and O–H groups in total. The minimum absolute atomic E-state index is 0.182. The lowest BCUT2D eigenvalue weighted by Crippen LogP contribution is -2.62. The molecule has 1 aliphatic carbocycles. The van der Waals surface area contributed by atoms with Gasteiger partial charge in [0.1, 0.15) is 0 Å². The van der Waals surface area contributed by atoms with Crippen LogP contribution in [0.5, 0.6) is 0 Å². The summed E-state index contributed by atoms with van der Waals surface area (Å²) in [6, 6.07) is 1.14. The molecule has 0 amide bonds. The van der Waals surface area contributed by atoms with Gasteiger partial charge in [-0.1, -0.05) is 19.8 Å². The smallest absolute Gasteiger partial charge is 0.0328 e. The topological polar surface area (TPSA) is 32.5 Å². The standard InChI is InChI=1S/C15H31N3/c1-4-15(3,13(2)16)18-11-9-17(10-12-18)14-7-5-6-8-14/h13-14H,4-12,16H2,1-3H3. The number of nitrogens with zero attached hydrogens (tertiary/aromatic N) is 2. The van der Waals surface area contributed by atoms with Gasteiger partial charge in [-0.25, -0.2) is 0 Å². The number of hydrogen-bond donors (Lipinski definition) is 1. The lowest BCUT2D eigenvalue weighted by atomic mass is 9.88. The van der Waals surface area contributed by atoms with Crippen LogP contribution in [0.1, 0.15) is 52.9 Å². The van der Waals surface area contributed by atoms with Crippen molar-refractivity contribution in [2.24, 2.45) is 5.73 Å². The van der Waals surface area contributed by atoms with Crippen LogP contribution in [0, 0.1) is 0 Å². The van der Waals surface area contributed by atoms with Crippen LogP contribution < -0.4 is 5.73 Å². The maximum atomic E-state index is 6.21. The highest BCUT2D eigenvalue weighted by Crippen LogP contribution is 2.28. The highest BCUT2D eigenvalue weighted by molar-refractivity contribution is 4.95. The summed E-state index contributed by atoms with van der Waals surface area (Å²) in [7, 11) is 0. The fourth-order valence-corrected chi connectivity index (χ4v) is 3.70. The summed E-state index contributed by atoms with van der Waals surface area (Å²) in [6.45, 7) is 11.6. The van der Waals surface area contributed by atoms with E-state index in [4.69, 9.17) is 5.73 Å². The van der Waals surface area contributed by atoms with Crippen LogP contribution in [0.4, 0.5) is 0 Å². The van der Waals surface area contributed by atoms with E-state index in [2.05, 4.69) is 30.6 Å². The van der Waals surface area contributed by atoms with E-state index in [0.717, 1.165) is 12.5 Å². The van der Waals surface area contributed by atoms with Crippen molar-refractivity contribution < 1.29 is 0 Å². The molecule has 2 aliphatic rings. The zero-order valence-corrected chi connectivity index (χ0v) is 12.5. The van der Waals surface area contributed by atoms with Gasteiger partial charge < -0.3 is 5.73 Å². The second-order valence-corrected chi connectivity index (χ2v) is 6.46. The third-order valence-corrected chi connectivity index (χ3v) is 5.57. The molecule has 0 aromatic carbocycles. The summed E-state index contributed by atoms with van der Waals surface area (Å²) in [5.74, 6) is 0. The van der Waals surface area contributed by atoms with Gasteiger partial charge in [-0.05, 0) is 33.1 Å². The molecular formula is C15H31N3. The maximum absolute atomic E-state index is 6.21. The summed E-state index contributed by atoms with van der Waals surface area (Å²) < 4.78 is 0. The van der Waals surface area contributed by atoms with Gasteiger partial charge in [0.15, 0.2) is 0 Å². The molecule has 2 unspecified atom stereocenters. The summed E-state index contributed by atoms with van der Waals surface area (Å²) in [5.41, 5.74) is 6.40. The Kier molecular flexibility index (Phi) is 4.68. The van der Waals surface area contributed by atoms with Crippen molar-refractivity contribution in [1.82, 2.24) is 9.80 Å². The molecule has 0 bridgehead atoms. The first-order valence-corrected chi connectivity index (χ1v) is 7.82. The fraction of sp³-hybridized carbons (Fsp3) is 1.00. The van der Waals surface area contributed by atoms with E-state index in [-0.39, 0.29) is 11.6 Å². The second-order valence-electron chi connectivity index (χ2n) is 6.46. The highest BCUT2D eigenvalue weighted by atomic mass is 15.3. The summed E-state index contributed by atoms with van der Waals surface area (Å²) in [6.07, 6.45) is 6.89. The first-order valence-electron chi connectivity index (χ1n) is 7.82. The van der Waals surface area contributed by atoms with Crippen LogP contribution in [-0.4, -0.2) is 53.6 Å². The SMILES string of the molecule is CCC(C)(C(C)N)N1CCN(C2CCCC2)CC1. The van der Waals surface area contributed by atoms with Gasteiger partial charge in [-0.2, -0.15) is 0 Å².